The molecule has 0 unspecified atom stereocenters. The van der Waals surface area contributed by atoms with Gasteiger partial charge in [0, 0.05) is 31.0 Å². The minimum atomic E-state index is -0.00700. The molecule has 27 heavy (non-hydrogen) atoms. The number of carbonyl (C=O) groups excluding carboxylic acids is 2. The van der Waals surface area contributed by atoms with Crippen LogP contribution in [-0.4, -0.2) is 24.1 Å². The van der Waals surface area contributed by atoms with Crippen molar-refractivity contribution >= 4 is 29.3 Å². The molecule has 1 aliphatic rings. The van der Waals surface area contributed by atoms with Gasteiger partial charge in [-0.25, -0.2) is 0 Å². The van der Waals surface area contributed by atoms with Crippen molar-refractivity contribution in [2.45, 2.75) is 25.1 Å². The zero-order chi connectivity index (χ0) is 19.1. The van der Waals surface area contributed by atoms with Crippen LogP contribution in [0.2, 0.25) is 0 Å². The number of benzene rings is 2. The molecule has 0 spiro atoms. The van der Waals surface area contributed by atoms with Crippen molar-refractivity contribution in [1.29, 1.82) is 5.26 Å². The van der Waals surface area contributed by atoms with Crippen molar-refractivity contribution in [3.8, 4) is 6.07 Å². The summed E-state index contributed by atoms with van der Waals surface area (Å²) >= 11 is 1.54. The van der Waals surface area contributed by atoms with E-state index in [4.69, 9.17) is 5.26 Å². The monoisotopic (exact) mass is 379 g/mol. The minimum absolute atomic E-state index is 0.00700. The van der Waals surface area contributed by atoms with Crippen molar-refractivity contribution in [2.24, 2.45) is 0 Å². The average molecular weight is 379 g/mol. The molecular weight excluding hydrogens is 358 g/mol. The lowest BCUT2D eigenvalue weighted by atomic mass is 10.2. The molecular formula is C21H21N3O2S. The number of nitrogens with zero attached hydrogens (tertiary/aromatic N) is 2. The normalized spacial score (nSPS) is 13.4. The van der Waals surface area contributed by atoms with E-state index >= 15 is 0 Å². The Morgan fingerprint density at radius 3 is 2.44 bits per heavy atom. The molecule has 2 amide bonds. The second-order valence-corrected chi connectivity index (χ2v) is 7.38. The van der Waals surface area contributed by atoms with Crippen LogP contribution >= 0.6 is 11.8 Å². The number of carbonyl (C=O) groups is 2. The van der Waals surface area contributed by atoms with Gasteiger partial charge >= 0.3 is 0 Å². The number of amides is 2. The Balaban J connectivity index is 1.39. The Morgan fingerprint density at radius 2 is 1.81 bits per heavy atom. The average Bonchev–Trinajstić information content (AvgIpc) is 3.13. The summed E-state index contributed by atoms with van der Waals surface area (Å²) in [5.41, 5.74) is 3.67. The summed E-state index contributed by atoms with van der Waals surface area (Å²) in [6.07, 6.45) is 1.54. The third kappa shape index (κ3) is 5.35. The van der Waals surface area contributed by atoms with Crippen LogP contribution in [0.3, 0.4) is 0 Å². The van der Waals surface area contributed by atoms with Gasteiger partial charge in [-0.1, -0.05) is 24.3 Å². The fourth-order valence-electron chi connectivity index (χ4n) is 2.90. The third-order valence-electron chi connectivity index (χ3n) is 4.40. The molecule has 0 bridgehead atoms. The molecule has 1 saturated heterocycles. The molecule has 0 atom stereocenters. The Kier molecular flexibility index (Phi) is 6.50. The van der Waals surface area contributed by atoms with E-state index in [1.54, 1.807) is 23.9 Å². The molecule has 0 aliphatic carbocycles. The van der Waals surface area contributed by atoms with E-state index in [-0.39, 0.29) is 11.8 Å². The van der Waals surface area contributed by atoms with Crippen molar-refractivity contribution in [1.82, 2.24) is 5.32 Å². The minimum Gasteiger partial charge on any atom is -0.351 e. The van der Waals surface area contributed by atoms with Crippen molar-refractivity contribution in [3.05, 3.63) is 65.2 Å². The maximum Gasteiger partial charge on any atom is 0.230 e. The maximum atomic E-state index is 12.0. The van der Waals surface area contributed by atoms with E-state index in [9.17, 15) is 9.59 Å². The van der Waals surface area contributed by atoms with E-state index in [1.807, 2.05) is 41.3 Å². The summed E-state index contributed by atoms with van der Waals surface area (Å²) in [6.45, 7) is 1.26. The Morgan fingerprint density at radius 1 is 1.11 bits per heavy atom. The summed E-state index contributed by atoms with van der Waals surface area (Å²) in [7, 11) is 0. The molecule has 5 nitrogen and oxygen atoms in total. The van der Waals surface area contributed by atoms with Crippen LogP contribution in [0.5, 0.6) is 0 Å². The van der Waals surface area contributed by atoms with Crippen molar-refractivity contribution in [3.63, 3.8) is 0 Å². The molecule has 0 saturated carbocycles. The first-order chi connectivity index (χ1) is 13.2. The molecule has 1 N–H and O–H groups in total. The van der Waals surface area contributed by atoms with Crippen LogP contribution in [0.1, 0.15) is 29.5 Å². The van der Waals surface area contributed by atoms with Crippen LogP contribution in [0.25, 0.3) is 0 Å². The fraction of sp³-hybridized carbons (Fsp3) is 0.286. The highest BCUT2D eigenvalue weighted by atomic mass is 32.2. The number of thioether (sulfide) groups is 1. The molecule has 0 aromatic heterocycles. The molecule has 1 fully saturated rings. The van der Waals surface area contributed by atoms with E-state index in [2.05, 4.69) is 11.4 Å². The van der Waals surface area contributed by atoms with Gasteiger partial charge in [-0.15, -0.1) is 11.8 Å². The summed E-state index contributed by atoms with van der Waals surface area (Å²) in [6, 6.07) is 17.3. The van der Waals surface area contributed by atoms with Crippen LogP contribution < -0.4 is 10.2 Å². The van der Waals surface area contributed by atoms with E-state index in [0.717, 1.165) is 35.5 Å². The molecule has 0 radical (unpaired) electrons. The first-order valence-electron chi connectivity index (χ1n) is 8.88. The lowest BCUT2D eigenvalue weighted by Crippen LogP contribution is -2.25. The van der Waals surface area contributed by atoms with E-state index in [0.29, 0.717) is 24.3 Å². The Labute approximate surface area is 163 Å². The molecule has 6 heteroatoms. The quantitative estimate of drug-likeness (QED) is 0.802. The molecule has 3 rings (SSSR count). The van der Waals surface area contributed by atoms with Crippen LogP contribution in [0.15, 0.2) is 48.5 Å². The smallest absolute Gasteiger partial charge is 0.230 e. The highest BCUT2D eigenvalue weighted by Crippen LogP contribution is 2.21. The lowest BCUT2D eigenvalue weighted by Gasteiger charge is -2.16. The summed E-state index contributed by atoms with van der Waals surface area (Å²) < 4.78 is 0. The van der Waals surface area contributed by atoms with Gasteiger partial charge in [-0.3, -0.25) is 9.59 Å². The van der Waals surface area contributed by atoms with Gasteiger partial charge in [0.05, 0.1) is 17.4 Å². The Hall–Kier alpha value is -2.78. The van der Waals surface area contributed by atoms with Gasteiger partial charge in [0.25, 0.3) is 0 Å². The Bertz CT molecular complexity index is 841. The van der Waals surface area contributed by atoms with E-state index in [1.165, 1.54) is 0 Å². The first-order valence-corrected chi connectivity index (χ1v) is 10.0. The number of anilines is 1. The standard InChI is InChI=1S/C21H21N3O2S/c22-12-16-3-5-18(6-4-16)14-27-15-20(25)23-13-17-7-9-19(10-8-17)24-11-1-2-21(24)26/h3-10H,1-2,11,13-15H2,(H,23,25). The van der Waals surface area contributed by atoms with Gasteiger partial charge in [0.1, 0.15) is 0 Å². The van der Waals surface area contributed by atoms with Gasteiger partial charge in [0.2, 0.25) is 11.8 Å². The number of rotatable bonds is 7. The van der Waals surface area contributed by atoms with Gasteiger partial charge in [0.15, 0.2) is 0 Å². The third-order valence-corrected chi connectivity index (χ3v) is 5.40. The second kappa shape index (κ2) is 9.24. The number of hydrogen-bond donors (Lipinski definition) is 1. The summed E-state index contributed by atoms with van der Waals surface area (Å²) in [5.74, 6) is 1.29. The van der Waals surface area contributed by atoms with Gasteiger partial charge in [-0.2, -0.15) is 5.26 Å². The highest BCUT2D eigenvalue weighted by Gasteiger charge is 2.21. The number of nitriles is 1. The second-order valence-electron chi connectivity index (χ2n) is 6.39. The number of nitrogens with one attached hydrogen (secondary N) is 1. The predicted molar refractivity (Wildman–Crippen MR) is 107 cm³/mol. The zero-order valence-electron chi connectivity index (χ0n) is 15.0. The maximum absolute atomic E-state index is 12.0. The largest absolute Gasteiger partial charge is 0.351 e. The van der Waals surface area contributed by atoms with Crippen LogP contribution in [-0.2, 0) is 21.9 Å². The molecule has 2 aromatic carbocycles. The summed E-state index contributed by atoms with van der Waals surface area (Å²) in [4.78, 5) is 25.6. The van der Waals surface area contributed by atoms with Crippen LogP contribution in [0, 0.1) is 11.3 Å². The molecule has 138 valence electrons. The molecule has 2 aromatic rings. The van der Waals surface area contributed by atoms with E-state index < -0.39 is 0 Å². The first kappa shape index (κ1) is 19.0. The van der Waals surface area contributed by atoms with Gasteiger partial charge in [-0.05, 0) is 41.8 Å². The van der Waals surface area contributed by atoms with Crippen molar-refractivity contribution < 1.29 is 9.59 Å². The highest BCUT2D eigenvalue weighted by molar-refractivity contribution is 7.99. The summed E-state index contributed by atoms with van der Waals surface area (Å²) in [5, 5.41) is 11.7. The topological polar surface area (TPSA) is 73.2 Å². The lowest BCUT2D eigenvalue weighted by molar-refractivity contribution is -0.119. The SMILES string of the molecule is N#Cc1ccc(CSCC(=O)NCc2ccc(N3CCCC3=O)cc2)cc1. The van der Waals surface area contributed by atoms with Crippen LogP contribution in [0.4, 0.5) is 5.69 Å². The zero-order valence-corrected chi connectivity index (χ0v) is 15.8. The van der Waals surface area contributed by atoms with Gasteiger partial charge < -0.3 is 10.2 Å². The molecule has 1 aliphatic heterocycles. The van der Waals surface area contributed by atoms with Crippen molar-refractivity contribution in [2.75, 3.05) is 17.2 Å². The fourth-order valence-corrected chi connectivity index (χ4v) is 3.72. The predicted octanol–water partition coefficient (Wildman–Crippen LogP) is 3.23. The number of hydrogen-bond acceptors (Lipinski definition) is 4. The molecule has 1 heterocycles.